The normalized spacial score (nSPS) is 14.2. The maximum Gasteiger partial charge on any atom is 1.00 e. The molecule has 16 heavy (non-hydrogen) atoms. The number of phosphoric acid groups is 1. The van der Waals surface area contributed by atoms with E-state index in [2.05, 4.69) is 11.4 Å². The van der Waals surface area contributed by atoms with Crippen molar-refractivity contribution in [3.05, 3.63) is 0 Å². The van der Waals surface area contributed by atoms with Gasteiger partial charge in [-0.05, 0) is 12.8 Å². The largest absolute Gasteiger partial charge is 1.00 e. The molecule has 0 aliphatic heterocycles. The van der Waals surface area contributed by atoms with Crippen molar-refractivity contribution < 1.29 is 37.4 Å². The third-order valence-electron chi connectivity index (χ3n) is 1.99. The van der Waals surface area contributed by atoms with Gasteiger partial charge in [-0.3, -0.25) is 4.57 Å². The van der Waals surface area contributed by atoms with Crippen LogP contribution in [-0.2, 0) is 13.6 Å². The second-order valence-corrected chi connectivity index (χ2v) is 4.94. The van der Waals surface area contributed by atoms with Crippen LogP contribution >= 0.6 is 7.82 Å². The molecule has 1 atom stereocenters. The average Bonchev–Trinajstić information content (AvgIpc) is 2.17. The van der Waals surface area contributed by atoms with Gasteiger partial charge < -0.3 is 13.9 Å². The van der Waals surface area contributed by atoms with Crippen LogP contribution < -0.4 is 23.8 Å². The monoisotopic (exact) mass is 244 g/mol. The van der Waals surface area contributed by atoms with Crippen molar-refractivity contribution in [2.75, 3.05) is 13.2 Å². The minimum absolute atomic E-state index is 0. The van der Waals surface area contributed by atoms with Crippen molar-refractivity contribution in [2.24, 2.45) is 0 Å². The average molecular weight is 244 g/mol. The summed E-state index contributed by atoms with van der Waals surface area (Å²) >= 11 is 0. The summed E-state index contributed by atoms with van der Waals surface area (Å²) in [6.45, 7) is 4.55. The summed E-state index contributed by atoms with van der Waals surface area (Å²) in [6.07, 6.45) is 5.68. The van der Waals surface area contributed by atoms with Gasteiger partial charge in [-0.1, -0.05) is 39.5 Å². The van der Waals surface area contributed by atoms with Crippen molar-refractivity contribution in [1.82, 2.24) is 0 Å². The van der Waals surface area contributed by atoms with E-state index in [1.807, 2.05) is 6.92 Å². The van der Waals surface area contributed by atoms with Crippen LogP contribution in [-0.4, -0.2) is 13.2 Å². The predicted octanol–water partition coefficient (Wildman–Crippen LogP) is -0.128. The first-order chi connectivity index (χ1) is 7.12. The van der Waals surface area contributed by atoms with Gasteiger partial charge in [-0.15, -0.1) is 0 Å². The molecule has 0 spiro atoms. The molecule has 0 heterocycles. The standard InChI is InChI=1S/C10H23O4P.Li/c1-3-5-7-8-10-14-15(11,12)13-9-6-4-2;/h3-10H2,1-2H3,(H,11,12);/q;+1/p-1. The molecule has 0 saturated carbocycles. The second-order valence-electron chi connectivity index (χ2n) is 3.53. The first kappa shape index (κ1) is 19.1. The van der Waals surface area contributed by atoms with E-state index in [-0.39, 0.29) is 32.1 Å². The molecule has 4 nitrogen and oxygen atoms in total. The van der Waals surface area contributed by atoms with Crippen LogP contribution in [0, 0.1) is 0 Å². The molecular formula is C10H22LiO4P. The molecule has 92 valence electrons. The van der Waals surface area contributed by atoms with Gasteiger partial charge in [0.1, 0.15) is 0 Å². The zero-order valence-corrected chi connectivity index (χ0v) is 11.6. The maximum absolute atomic E-state index is 11.1. The van der Waals surface area contributed by atoms with Crippen LogP contribution in [0.25, 0.3) is 0 Å². The Kier molecular flexibility index (Phi) is 14.5. The molecule has 0 aromatic heterocycles. The Morgan fingerprint density at radius 2 is 1.44 bits per heavy atom. The van der Waals surface area contributed by atoms with Crippen LogP contribution in [0.15, 0.2) is 0 Å². The van der Waals surface area contributed by atoms with Crippen molar-refractivity contribution in [3.8, 4) is 0 Å². The zero-order valence-electron chi connectivity index (χ0n) is 10.7. The molecule has 0 amide bonds. The van der Waals surface area contributed by atoms with Gasteiger partial charge in [0, 0.05) is 0 Å². The van der Waals surface area contributed by atoms with Crippen molar-refractivity contribution in [3.63, 3.8) is 0 Å². The molecule has 0 rings (SSSR count). The van der Waals surface area contributed by atoms with Crippen LogP contribution in [0.3, 0.4) is 0 Å². The summed E-state index contributed by atoms with van der Waals surface area (Å²) in [6, 6.07) is 0. The Hall–Kier alpha value is 0.707. The molecular weight excluding hydrogens is 222 g/mol. The van der Waals surface area contributed by atoms with Crippen LogP contribution in [0.2, 0.25) is 0 Å². The fraction of sp³-hybridized carbons (Fsp3) is 1.00. The molecule has 0 radical (unpaired) electrons. The molecule has 0 N–H and O–H groups in total. The Labute approximate surface area is 111 Å². The number of rotatable bonds is 10. The number of hydrogen-bond acceptors (Lipinski definition) is 4. The van der Waals surface area contributed by atoms with Crippen molar-refractivity contribution >= 4 is 7.82 Å². The van der Waals surface area contributed by atoms with Crippen LogP contribution in [0.1, 0.15) is 52.4 Å². The van der Waals surface area contributed by atoms with Crippen LogP contribution in [0.5, 0.6) is 0 Å². The summed E-state index contributed by atoms with van der Waals surface area (Å²) in [5, 5.41) is 0. The van der Waals surface area contributed by atoms with Crippen LogP contribution in [0.4, 0.5) is 0 Å². The van der Waals surface area contributed by atoms with E-state index in [4.69, 9.17) is 4.52 Å². The molecule has 0 aliphatic carbocycles. The number of unbranched alkanes of at least 4 members (excludes halogenated alkanes) is 4. The molecule has 0 aromatic carbocycles. The van der Waals surface area contributed by atoms with E-state index in [0.29, 0.717) is 0 Å². The van der Waals surface area contributed by atoms with Gasteiger partial charge in [0.2, 0.25) is 0 Å². The summed E-state index contributed by atoms with van der Waals surface area (Å²) in [7, 11) is -4.02. The fourth-order valence-electron chi connectivity index (χ4n) is 1.06. The third-order valence-corrected chi connectivity index (χ3v) is 2.99. The maximum atomic E-state index is 11.1. The molecule has 0 aromatic rings. The second kappa shape index (κ2) is 12.2. The molecule has 6 heteroatoms. The summed E-state index contributed by atoms with van der Waals surface area (Å²) in [5.41, 5.74) is 0. The number of hydrogen-bond donors (Lipinski definition) is 0. The van der Waals surface area contributed by atoms with E-state index in [9.17, 15) is 9.46 Å². The fourth-order valence-corrected chi connectivity index (χ4v) is 1.84. The third kappa shape index (κ3) is 12.8. The van der Waals surface area contributed by atoms with Crippen molar-refractivity contribution in [2.45, 2.75) is 52.4 Å². The van der Waals surface area contributed by atoms with Gasteiger partial charge in [-0.25, -0.2) is 0 Å². The Morgan fingerprint density at radius 1 is 0.938 bits per heavy atom. The number of phosphoric ester groups is 1. The topological polar surface area (TPSA) is 58.6 Å². The predicted molar refractivity (Wildman–Crippen MR) is 58.6 cm³/mol. The van der Waals surface area contributed by atoms with Gasteiger partial charge >= 0.3 is 18.9 Å². The summed E-state index contributed by atoms with van der Waals surface area (Å²) in [4.78, 5) is 11.1. The van der Waals surface area contributed by atoms with E-state index < -0.39 is 7.82 Å². The van der Waals surface area contributed by atoms with E-state index in [0.717, 1.165) is 38.5 Å². The Bertz CT molecular complexity index is 190. The smallest absolute Gasteiger partial charge is 0.756 e. The van der Waals surface area contributed by atoms with Gasteiger partial charge in [0.15, 0.2) is 0 Å². The molecule has 0 aliphatic rings. The quantitative estimate of drug-likeness (QED) is 0.305. The van der Waals surface area contributed by atoms with Gasteiger partial charge in [-0.2, -0.15) is 0 Å². The summed E-state index contributed by atoms with van der Waals surface area (Å²) < 4.78 is 20.5. The molecule has 0 bridgehead atoms. The van der Waals surface area contributed by atoms with E-state index in [1.165, 1.54) is 0 Å². The van der Waals surface area contributed by atoms with Gasteiger partial charge in [0.05, 0.1) is 13.2 Å². The van der Waals surface area contributed by atoms with Crippen molar-refractivity contribution in [1.29, 1.82) is 0 Å². The Morgan fingerprint density at radius 3 is 1.94 bits per heavy atom. The van der Waals surface area contributed by atoms with E-state index in [1.54, 1.807) is 0 Å². The minimum atomic E-state index is -4.02. The first-order valence-corrected chi connectivity index (χ1v) is 7.18. The molecule has 1 unspecified atom stereocenters. The molecule has 0 saturated heterocycles. The molecule has 0 fully saturated rings. The van der Waals surface area contributed by atoms with Gasteiger partial charge in [0.25, 0.3) is 7.82 Å². The summed E-state index contributed by atoms with van der Waals surface area (Å²) in [5.74, 6) is 0. The SMILES string of the molecule is CCCCCCOP(=O)([O-])OCCCC.[Li+]. The zero-order chi connectivity index (χ0) is 11.6. The first-order valence-electron chi connectivity index (χ1n) is 5.72. The Balaban J connectivity index is 0. The van der Waals surface area contributed by atoms with E-state index >= 15 is 0 Å². The minimum Gasteiger partial charge on any atom is -0.756 e.